The molecule has 2 rings (SSSR count). The van der Waals surface area contributed by atoms with Gasteiger partial charge in [0.25, 0.3) is 0 Å². The molecule has 1 atom stereocenters. The number of piperazine rings is 1. The van der Waals surface area contributed by atoms with E-state index in [1.807, 2.05) is 13.8 Å². The van der Waals surface area contributed by atoms with Crippen LogP contribution in [0, 0.1) is 0 Å². The highest BCUT2D eigenvalue weighted by atomic mass is 16.2. The van der Waals surface area contributed by atoms with Gasteiger partial charge in [0.15, 0.2) is 0 Å². The third-order valence-electron chi connectivity index (χ3n) is 3.37. The van der Waals surface area contributed by atoms with Gasteiger partial charge in [-0.1, -0.05) is 13.8 Å². The quantitative estimate of drug-likeness (QED) is 0.782. The lowest BCUT2D eigenvalue weighted by molar-refractivity contribution is -0.132. The Morgan fingerprint density at radius 3 is 2.70 bits per heavy atom. The van der Waals surface area contributed by atoms with Crippen LogP contribution in [0.15, 0.2) is 6.33 Å². The minimum Gasteiger partial charge on any atom is -0.373 e. The van der Waals surface area contributed by atoms with E-state index in [0.717, 1.165) is 11.4 Å². The minimum absolute atomic E-state index is 0.118. The average Bonchev–Trinajstić information content (AvgIpc) is 2.41. The van der Waals surface area contributed by atoms with Gasteiger partial charge >= 0.3 is 0 Å². The molecule has 20 heavy (non-hydrogen) atoms. The van der Waals surface area contributed by atoms with Crippen LogP contribution in [0.4, 0.5) is 11.6 Å². The summed E-state index contributed by atoms with van der Waals surface area (Å²) in [6.07, 6.45) is 1.44. The number of imide groups is 1. The number of anilines is 2. The van der Waals surface area contributed by atoms with Crippen molar-refractivity contribution in [3.8, 4) is 0 Å². The number of amides is 2. The summed E-state index contributed by atoms with van der Waals surface area (Å²) in [5, 5.41) is 5.36. The van der Waals surface area contributed by atoms with Gasteiger partial charge in [-0.15, -0.1) is 0 Å². The Hall–Kier alpha value is -2.18. The molecule has 7 heteroatoms. The molecule has 2 heterocycles. The highest BCUT2D eigenvalue weighted by Crippen LogP contribution is 2.31. The van der Waals surface area contributed by atoms with E-state index in [9.17, 15) is 9.59 Å². The maximum atomic E-state index is 11.8. The fourth-order valence-electron chi connectivity index (χ4n) is 2.32. The molecule has 1 aromatic rings. The van der Waals surface area contributed by atoms with E-state index in [2.05, 4.69) is 20.6 Å². The Kier molecular flexibility index (Phi) is 3.87. The van der Waals surface area contributed by atoms with Gasteiger partial charge in [0.05, 0.1) is 6.54 Å². The summed E-state index contributed by atoms with van der Waals surface area (Å²) in [7, 11) is 1.79. The summed E-state index contributed by atoms with van der Waals surface area (Å²) in [5.41, 5.74) is 0.907. The van der Waals surface area contributed by atoms with Crippen LogP contribution in [-0.4, -0.2) is 41.4 Å². The van der Waals surface area contributed by atoms with Gasteiger partial charge in [-0.3, -0.25) is 14.9 Å². The molecule has 1 saturated heterocycles. The standard InChI is InChI=1S/C13H19N5O2/c1-7(2)10-11(14-4)15-6-16-12(10)18-5-9(19)17-13(20)8(18)3/h6-8H,5H2,1-4H3,(H,14,15,16)(H,17,19,20). The predicted molar refractivity (Wildman–Crippen MR) is 75.6 cm³/mol. The van der Waals surface area contributed by atoms with E-state index in [1.54, 1.807) is 18.9 Å². The molecule has 1 aliphatic rings. The van der Waals surface area contributed by atoms with Gasteiger partial charge in [0, 0.05) is 12.6 Å². The lowest BCUT2D eigenvalue weighted by atomic mass is 10.0. The second kappa shape index (κ2) is 5.44. The number of nitrogens with one attached hydrogen (secondary N) is 2. The SMILES string of the molecule is CNc1ncnc(N2CC(=O)NC(=O)C2C)c1C(C)C. The molecule has 1 aliphatic heterocycles. The molecule has 0 bridgehead atoms. The lowest BCUT2D eigenvalue weighted by Crippen LogP contribution is -2.57. The predicted octanol–water partition coefficient (Wildman–Crippen LogP) is 0.493. The first-order chi connectivity index (χ1) is 9.45. The van der Waals surface area contributed by atoms with Gasteiger partial charge < -0.3 is 10.2 Å². The van der Waals surface area contributed by atoms with Crippen LogP contribution in [-0.2, 0) is 9.59 Å². The maximum Gasteiger partial charge on any atom is 0.249 e. The highest BCUT2D eigenvalue weighted by molar-refractivity contribution is 6.04. The van der Waals surface area contributed by atoms with Crippen LogP contribution in [0.5, 0.6) is 0 Å². The summed E-state index contributed by atoms with van der Waals surface area (Å²) in [6.45, 7) is 5.93. The van der Waals surface area contributed by atoms with Crippen molar-refractivity contribution in [2.75, 3.05) is 23.8 Å². The summed E-state index contributed by atoms with van der Waals surface area (Å²) in [4.78, 5) is 33.6. The molecular weight excluding hydrogens is 258 g/mol. The van der Waals surface area contributed by atoms with Crippen LogP contribution in [0.2, 0.25) is 0 Å². The van der Waals surface area contributed by atoms with Crippen LogP contribution in [0.3, 0.4) is 0 Å². The molecule has 2 N–H and O–H groups in total. The largest absolute Gasteiger partial charge is 0.373 e. The topological polar surface area (TPSA) is 87.2 Å². The third kappa shape index (κ3) is 2.43. The number of carbonyl (C=O) groups excluding carboxylic acids is 2. The highest BCUT2D eigenvalue weighted by Gasteiger charge is 2.33. The summed E-state index contributed by atoms with van der Waals surface area (Å²) >= 11 is 0. The average molecular weight is 277 g/mol. The van der Waals surface area contributed by atoms with E-state index >= 15 is 0 Å². The molecule has 0 saturated carbocycles. The second-order valence-electron chi connectivity index (χ2n) is 5.08. The van der Waals surface area contributed by atoms with Gasteiger partial charge in [-0.2, -0.15) is 0 Å². The van der Waals surface area contributed by atoms with Crippen LogP contribution in [0.1, 0.15) is 32.3 Å². The molecule has 7 nitrogen and oxygen atoms in total. The van der Waals surface area contributed by atoms with Gasteiger partial charge in [0.2, 0.25) is 11.8 Å². The van der Waals surface area contributed by atoms with Crippen molar-refractivity contribution in [3.63, 3.8) is 0 Å². The summed E-state index contributed by atoms with van der Waals surface area (Å²) < 4.78 is 0. The molecule has 0 radical (unpaired) electrons. The zero-order chi connectivity index (χ0) is 14.9. The molecule has 1 fully saturated rings. The van der Waals surface area contributed by atoms with E-state index in [0.29, 0.717) is 5.82 Å². The Morgan fingerprint density at radius 2 is 2.10 bits per heavy atom. The Labute approximate surface area is 117 Å². The molecule has 2 amide bonds. The van der Waals surface area contributed by atoms with Gasteiger partial charge in [-0.05, 0) is 12.8 Å². The van der Waals surface area contributed by atoms with E-state index in [4.69, 9.17) is 0 Å². The number of carbonyl (C=O) groups is 2. The number of aromatic nitrogens is 2. The summed E-state index contributed by atoms with van der Waals surface area (Å²) in [5.74, 6) is 0.902. The van der Waals surface area contributed by atoms with Crippen molar-refractivity contribution in [2.45, 2.75) is 32.7 Å². The van der Waals surface area contributed by atoms with Crippen LogP contribution < -0.4 is 15.5 Å². The monoisotopic (exact) mass is 277 g/mol. The first-order valence-electron chi connectivity index (χ1n) is 6.58. The summed E-state index contributed by atoms with van der Waals surface area (Å²) in [6, 6.07) is -0.440. The molecular formula is C13H19N5O2. The minimum atomic E-state index is -0.440. The fourth-order valence-corrected chi connectivity index (χ4v) is 2.32. The van der Waals surface area contributed by atoms with Crippen molar-refractivity contribution in [3.05, 3.63) is 11.9 Å². The van der Waals surface area contributed by atoms with Crippen molar-refractivity contribution >= 4 is 23.5 Å². The number of hydrogen-bond acceptors (Lipinski definition) is 6. The lowest BCUT2D eigenvalue weighted by Gasteiger charge is -2.34. The van der Waals surface area contributed by atoms with E-state index in [-0.39, 0.29) is 24.3 Å². The van der Waals surface area contributed by atoms with Crippen LogP contribution >= 0.6 is 0 Å². The fraction of sp³-hybridized carbons (Fsp3) is 0.538. The normalized spacial score (nSPS) is 19.2. The van der Waals surface area contributed by atoms with Crippen LogP contribution in [0.25, 0.3) is 0 Å². The molecule has 0 aromatic carbocycles. The smallest absolute Gasteiger partial charge is 0.249 e. The Morgan fingerprint density at radius 1 is 1.40 bits per heavy atom. The Bertz CT molecular complexity index is 544. The van der Waals surface area contributed by atoms with Gasteiger partial charge in [0.1, 0.15) is 24.0 Å². The Balaban J connectivity index is 2.51. The number of rotatable bonds is 3. The molecule has 0 spiro atoms. The number of nitrogens with zero attached hydrogens (tertiary/aromatic N) is 3. The van der Waals surface area contributed by atoms with Crippen molar-refractivity contribution in [2.24, 2.45) is 0 Å². The van der Waals surface area contributed by atoms with Crippen molar-refractivity contribution < 1.29 is 9.59 Å². The third-order valence-corrected chi connectivity index (χ3v) is 3.37. The van der Waals surface area contributed by atoms with Crippen molar-refractivity contribution in [1.29, 1.82) is 0 Å². The second-order valence-corrected chi connectivity index (χ2v) is 5.08. The first kappa shape index (κ1) is 14.2. The van der Waals surface area contributed by atoms with E-state index in [1.165, 1.54) is 6.33 Å². The van der Waals surface area contributed by atoms with E-state index < -0.39 is 6.04 Å². The maximum absolute atomic E-state index is 11.8. The first-order valence-corrected chi connectivity index (χ1v) is 6.58. The van der Waals surface area contributed by atoms with Gasteiger partial charge in [-0.25, -0.2) is 9.97 Å². The molecule has 1 unspecified atom stereocenters. The van der Waals surface area contributed by atoms with Crippen molar-refractivity contribution in [1.82, 2.24) is 15.3 Å². The molecule has 108 valence electrons. The zero-order valence-corrected chi connectivity index (χ0v) is 12.1. The molecule has 1 aromatic heterocycles. The zero-order valence-electron chi connectivity index (χ0n) is 12.1. The molecule has 0 aliphatic carbocycles. The number of hydrogen-bond donors (Lipinski definition) is 2.